The molecule has 1 aliphatic rings. The summed E-state index contributed by atoms with van der Waals surface area (Å²) < 4.78 is 6.79. The van der Waals surface area contributed by atoms with E-state index in [1.54, 1.807) is 23.8 Å². The van der Waals surface area contributed by atoms with Crippen LogP contribution in [-0.2, 0) is 6.54 Å². The lowest BCUT2D eigenvalue weighted by atomic mass is 10.2. The molecule has 1 N–H and O–H groups in total. The minimum atomic E-state index is -0.260. The molecule has 3 aromatic rings. The van der Waals surface area contributed by atoms with Crippen LogP contribution < -0.4 is 26.6 Å². The molecule has 1 fully saturated rings. The number of aromatic nitrogens is 2. The second-order valence-electron chi connectivity index (χ2n) is 7.08. The average molecular weight is 374 g/mol. The van der Waals surface area contributed by atoms with E-state index in [4.69, 9.17) is 4.74 Å². The van der Waals surface area contributed by atoms with Gasteiger partial charge in [-0.25, -0.2) is 0 Å². The molecule has 1 aromatic heterocycles. The van der Waals surface area contributed by atoms with E-state index in [2.05, 4.69) is 4.98 Å². The minimum absolute atomic E-state index is 0.176. The zero-order valence-corrected chi connectivity index (χ0v) is 15.7. The first-order chi connectivity index (χ1) is 13.6. The number of rotatable bonds is 5. The predicted octanol–water partition coefficient (Wildman–Crippen LogP) is 1.61. The molecular weight excluding hydrogens is 352 g/mol. The number of hydrogen-bond acceptors (Lipinski definition) is 3. The van der Waals surface area contributed by atoms with E-state index >= 15 is 0 Å². The number of H-pyrrole nitrogens is 1. The van der Waals surface area contributed by atoms with Gasteiger partial charge in [-0.3, -0.25) is 9.59 Å². The van der Waals surface area contributed by atoms with Crippen LogP contribution in [0.2, 0.25) is 0 Å². The van der Waals surface area contributed by atoms with Crippen LogP contribution in [0.4, 0.5) is 0 Å². The van der Waals surface area contributed by atoms with Gasteiger partial charge in [0.1, 0.15) is 16.4 Å². The van der Waals surface area contributed by atoms with Gasteiger partial charge in [0, 0.05) is 6.54 Å². The van der Waals surface area contributed by atoms with Crippen LogP contribution in [0.3, 0.4) is 0 Å². The summed E-state index contributed by atoms with van der Waals surface area (Å²) in [5.41, 5.74) is 1.28. The molecule has 0 saturated heterocycles. The average Bonchev–Trinajstić information content (AvgIpc) is 3.54. The minimum Gasteiger partial charge on any atom is -0.497 e. The predicted molar refractivity (Wildman–Crippen MR) is 110 cm³/mol. The Bertz CT molecular complexity index is 1200. The Morgan fingerprint density at radius 3 is 2.32 bits per heavy atom. The molecule has 28 heavy (non-hydrogen) atoms. The molecule has 0 unspecified atom stereocenters. The van der Waals surface area contributed by atoms with E-state index in [1.807, 2.05) is 54.6 Å². The maximum Gasteiger partial charge on any atom is 0.274 e. The van der Waals surface area contributed by atoms with Crippen molar-refractivity contribution in [2.75, 3.05) is 7.11 Å². The van der Waals surface area contributed by atoms with E-state index in [0.29, 0.717) is 23.2 Å². The Balaban J connectivity index is 1.89. The summed E-state index contributed by atoms with van der Waals surface area (Å²) >= 11 is 0. The largest absolute Gasteiger partial charge is 0.497 e. The molecule has 5 heteroatoms. The lowest BCUT2D eigenvalue weighted by Crippen LogP contribution is -2.53. The van der Waals surface area contributed by atoms with Crippen LogP contribution in [0.1, 0.15) is 24.0 Å². The first-order valence-corrected chi connectivity index (χ1v) is 9.40. The Labute approximate surface area is 162 Å². The molecule has 0 radical (unpaired) electrons. The zero-order valence-electron chi connectivity index (χ0n) is 15.7. The normalized spacial score (nSPS) is 15.0. The highest BCUT2D eigenvalue weighted by atomic mass is 16.5. The number of nitrogens with one attached hydrogen (secondary N) is 1. The highest BCUT2D eigenvalue weighted by Gasteiger charge is 2.23. The fourth-order valence-electron chi connectivity index (χ4n) is 3.17. The van der Waals surface area contributed by atoms with Crippen molar-refractivity contribution in [2.45, 2.75) is 19.4 Å². The molecule has 0 bridgehead atoms. The summed E-state index contributed by atoms with van der Waals surface area (Å²) in [7, 11) is 1.61. The lowest BCUT2D eigenvalue weighted by molar-refractivity contribution is 0.415. The number of ether oxygens (including phenoxy) is 1. The third-order valence-corrected chi connectivity index (χ3v) is 4.91. The van der Waals surface area contributed by atoms with Crippen molar-refractivity contribution in [1.29, 1.82) is 0 Å². The summed E-state index contributed by atoms with van der Waals surface area (Å²) in [6, 6.07) is 16.9. The standard InChI is InChI=1S/C23H22N2O3/c1-28-19-11-9-17(10-12-19)13-20-23(27)25(15-18-7-8-18)21(22(26)24-20)14-16-5-3-2-4-6-16/h2-6,9-14,18H,7-8,15H2,1H3,(H,24,26). The van der Waals surface area contributed by atoms with Gasteiger partial charge in [-0.15, -0.1) is 0 Å². The Hall–Kier alpha value is -3.34. The molecule has 5 nitrogen and oxygen atoms in total. The van der Waals surface area contributed by atoms with Gasteiger partial charge in [-0.2, -0.15) is 0 Å². The molecule has 142 valence electrons. The fraction of sp³-hybridized carbons (Fsp3) is 0.217. The van der Waals surface area contributed by atoms with Crippen molar-refractivity contribution < 1.29 is 4.74 Å². The summed E-state index contributed by atoms with van der Waals surface area (Å²) in [6.45, 7) is 0.574. The summed E-state index contributed by atoms with van der Waals surface area (Å²) in [4.78, 5) is 28.7. The Kier molecular flexibility index (Phi) is 4.98. The summed E-state index contributed by atoms with van der Waals surface area (Å²) in [5, 5.41) is 0.691. The molecule has 0 amide bonds. The van der Waals surface area contributed by atoms with E-state index in [9.17, 15) is 9.59 Å². The zero-order chi connectivity index (χ0) is 19.5. The highest BCUT2D eigenvalue weighted by Crippen LogP contribution is 2.29. The molecule has 0 spiro atoms. The number of nitrogens with zero attached hydrogens (tertiary/aromatic N) is 1. The summed E-state index contributed by atoms with van der Waals surface area (Å²) in [5.74, 6) is 1.21. The molecule has 4 rings (SSSR count). The maximum atomic E-state index is 13.1. The van der Waals surface area contributed by atoms with E-state index in [-0.39, 0.29) is 11.1 Å². The van der Waals surface area contributed by atoms with Crippen molar-refractivity contribution >= 4 is 12.2 Å². The number of benzene rings is 2. The number of aromatic amines is 1. The van der Waals surface area contributed by atoms with Gasteiger partial charge in [0.2, 0.25) is 0 Å². The Morgan fingerprint density at radius 1 is 1.00 bits per heavy atom. The first kappa shape index (κ1) is 18.0. The van der Waals surface area contributed by atoms with Crippen molar-refractivity contribution in [3.05, 3.63) is 97.1 Å². The molecule has 1 heterocycles. The van der Waals surface area contributed by atoms with Gasteiger partial charge in [0.25, 0.3) is 11.1 Å². The quantitative estimate of drug-likeness (QED) is 0.738. The van der Waals surface area contributed by atoms with Crippen LogP contribution in [0.25, 0.3) is 12.2 Å². The van der Waals surface area contributed by atoms with Crippen LogP contribution in [0.5, 0.6) is 5.75 Å². The van der Waals surface area contributed by atoms with E-state index in [1.165, 1.54) is 0 Å². The van der Waals surface area contributed by atoms with E-state index in [0.717, 1.165) is 29.7 Å². The summed E-state index contributed by atoms with van der Waals surface area (Å²) in [6.07, 6.45) is 5.68. The second-order valence-corrected chi connectivity index (χ2v) is 7.08. The van der Waals surface area contributed by atoms with Gasteiger partial charge in [0.05, 0.1) is 7.11 Å². The van der Waals surface area contributed by atoms with Crippen LogP contribution in [0, 0.1) is 5.92 Å². The molecule has 1 saturated carbocycles. The van der Waals surface area contributed by atoms with Crippen molar-refractivity contribution in [2.24, 2.45) is 5.92 Å². The topological polar surface area (TPSA) is 64.1 Å². The first-order valence-electron chi connectivity index (χ1n) is 9.40. The second kappa shape index (κ2) is 7.72. The van der Waals surface area contributed by atoms with Crippen molar-refractivity contribution in [1.82, 2.24) is 9.55 Å². The highest BCUT2D eigenvalue weighted by molar-refractivity contribution is 5.50. The van der Waals surface area contributed by atoms with Gasteiger partial charge >= 0.3 is 0 Å². The fourth-order valence-corrected chi connectivity index (χ4v) is 3.17. The van der Waals surface area contributed by atoms with Crippen LogP contribution in [0.15, 0.2) is 64.2 Å². The van der Waals surface area contributed by atoms with Gasteiger partial charge < -0.3 is 14.3 Å². The molecule has 0 aliphatic heterocycles. The SMILES string of the molecule is COc1ccc(C=c2[nH]c(=O)c(=Cc3ccccc3)n(CC3CC3)c2=O)cc1. The smallest absolute Gasteiger partial charge is 0.274 e. The third kappa shape index (κ3) is 3.98. The van der Waals surface area contributed by atoms with Crippen LogP contribution in [-0.4, -0.2) is 16.7 Å². The van der Waals surface area contributed by atoms with E-state index < -0.39 is 0 Å². The molecule has 1 aliphatic carbocycles. The van der Waals surface area contributed by atoms with Crippen molar-refractivity contribution in [3.8, 4) is 5.75 Å². The molecular formula is C23H22N2O3. The van der Waals surface area contributed by atoms with Crippen molar-refractivity contribution in [3.63, 3.8) is 0 Å². The Morgan fingerprint density at radius 2 is 1.68 bits per heavy atom. The molecule has 0 atom stereocenters. The number of methoxy groups -OCH3 is 1. The maximum absolute atomic E-state index is 13.1. The van der Waals surface area contributed by atoms with Crippen LogP contribution >= 0.6 is 0 Å². The molecule has 2 aromatic carbocycles. The van der Waals surface area contributed by atoms with Gasteiger partial charge in [-0.1, -0.05) is 42.5 Å². The monoisotopic (exact) mass is 374 g/mol. The number of hydrogen-bond donors (Lipinski definition) is 1. The van der Waals surface area contributed by atoms with Gasteiger partial charge in [-0.05, 0) is 54.2 Å². The lowest BCUT2D eigenvalue weighted by Gasteiger charge is -2.06. The van der Waals surface area contributed by atoms with Gasteiger partial charge in [0.15, 0.2) is 0 Å². The third-order valence-electron chi connectivity index (χ3n) is 4.91.